The maximum atomic E-state index is 12.8. The number of hydrogen-bond acceptors (Lipinski definition) is 2. The van der Waals surface area contributed by atoms with Crippen LogP contribution in [-0.2, 0) is 4.79 Å². The first-order valence-electron chi connectivity index (χ1n) is 10.2. The van der Waals surface area contributed by atoms with Gasteiger partial charge in [0.25, 0.3) is 0 Å². The van der Waals surface area contributed by atoms with Gasteiger partial charge in [-0.2, -0.15) is 0 Å². The van der Waals surface area contributed by atoms with Crippen LogP contribution >= 0.6 is 0 Å². The first-order valence-corrected chi connectivity index (χ1v) is 14.8. The monoisotopic (exact) mass is 454 g/mol. The van der Waals surface area contributed by atoms with Crippen LogP contribution in [0.2, 0.25) is 5.25 Å². The summed E-state index contributed by atoms with van der Waals surface area (Å²) in [6.07, 6.45) is 0.383. The molecule has 0 aromatic heterocycles. The summed E-state index contributed by atoms with van der Waals surface area (Å²) in [5.41, 5.74) is 0. The Morgan fingerprint density at radius 1 is 0.567 bits per heavy atom. The van der Waals surface area contributed by atoms with Gasteiger partial charge in [0.2, 0.25) is 0 Å². The summed E-state index contributed by atoms with van der Waals surface area (Å²) in [7, 11) is 0. The zero-order valence-electron chi connectivity index (χ0n) is 16.8. The van der Waals surface area contributed by atoms with Gasteiger partial charge in [-0.1, -0.05) is 0 Å². The molecule has 0 atom stereocenters. The van der Waals surface area contributed by atoms with E-state index in [2.05, 4.69) is 91.0 Å². The van der Waals surface area contributed by atoms with Crippen molar-refractivity contribution < 1.29 is 9.53 Å². The number of rotatable bonds is 7. The molecule has 0 N–H and O–H groups in total. The summed E-state index contributed by atoms with van der Waals surface area (Å²) in [6.45, 7) is 0. The third-order valence-electron chi connectivity index (χ3n) is 5.48. The van der Waals surface area contributed by atoms with Crippen molar-refractivity contribution in [3.05, 3.63) is 121 Å². The number of ether oxygens (including phenoxy) is 1. The van der Waals surface area contributed by atoms with Gasteiger partial charge < -0.3 is 0 Å². The Kier molecular flexibility index (Phi) is 6.45. The van der Waals surface area contributed by atoms with Crippen LogP contribution in [0.1, 0.15) is 6.42 Å². The van der Waals surface area contributed by atoms with Crippen molar-refractivity contribution >= 4 is 32.4 Å². The van der Waals surface area contributed by atoms with Crippen LogP contribution in [-0.4, -0.2) is 19.2 Å². The van der Waals surface area contributed by atoms with E-state index in [9.17, 15) is 4.79 Å². The fourth-order valence-electron chi connectivity index (χ4n) is 4.06. The molecule has 4 aromatic rings. The molecule has 0 saturated carbocycles. The Balaban J connectivity index is 1.74. The molecule has 0 aliphatic carbocycles. The molecule has 0 bridgehead atoms. The van der Waals surface area contributed by atoms with Gasteiger partial charge in [0, 0.05) is 0 Å². The Morgan fingerprint density at radius 3 is 1.33 bits per heavy atom. The fraction of sp³-hybridized carbons (Fsp3) is 0.0741. The maximum absolute atomic E-state index is 12.8. The normalized spacial score (nSPS) is 11.1. The summed E-state index contributed by atoms with van der Waals surface area (Å²) in [5, 5.41) is 0.795. The molecule has 2 nitrogen and oxygen atoms in total. The Labute approximate surface area is 180 Å². The molecule has 0 fully saturated rings. The molecule has 30 heavy (non-hydrogen) atoms. The van der Waals surface area contributed by atoms with Crippen molar-refractivity contribution in [2.45, 2.75) is 11.7 Å². The number of esters is 1. The van der Waals surface area contributed by atoms with Crippen LogP contribution < -0.4 is 17.9 Å². The molecule has 0 saturated heterocycles. The van der Waals surface area contributed by atoms with Crippen molar-refractivity contribution in [2.75, 3.05) is 0 Å². The summed E-state index contributed by atoms with van der Waals surface area (Å²) in [4.78, 5) is 12.8. The van der Waals surface area contributed by atoms with Gasteiger partial charge in [-0.3, -0.25) is 0 Å². The number of carbonyl (C=O) groups excluding carboxylic acids is 1. The van der Waals surface area contributed by atoms with Crippen LogP contribution in [0.25, 0.3) is 0 Å². The Bertz CT molecular complexity index is 968. The Morgan fingerprint density at radius 2 is 0.933 bits per heavy atom. The van der Waals surface area contributed by atoms with Crippen LogP contribution in [0, 0.1) is 0 Å². The molecule has 3 heteroatoms. The van der Waals surface area contributed by atoms with Crippen molar-refractivity contribution in [3.63, 3.8) is 0 Å². The molecular formula is C27H24GeO2. The molecule has 4 aromatic carbocycles. The third kappa shape index (κ3) is 4.39. The van der Waals surface area contributed by atoms with Crippen molar-refractivity contribution in [1.29, 1.82) is 0 Å². The molecule has 0 radical (unpaired) electrons. The van der Waals surface area contributed by atoms with Crippen LogP contribution in [0.5, 0.6) is 5.75 Å². The topological polar surface area (TPSA) is 26.3 Å². The molecule has 0 spiro atoms. The van der Waals surface area contributed by atoms with E-state index < -0.39 is 13.3 Å². The molecule has 0 unspecified atom stereocenters. The molecule has 4 rings (SSSR count). The summed E-state index contributed by atoms with van der Waals surface area (Å²) >= 11 is -3.09. The van der Waals surface area contributed by atoms with E-state index in [1.165, 1.54) is 13.2 Å². The molecule has 148 valence electrons. The summed E-state index contributed by atoms with van der Waals surface area (Å²) < 4.78 is 9.66. The summed E-state index contributed by atoms with van der Waals surface area (Å²) in [6, 6.07) is 41.4. The summed E-state index contributed by atoms with van der Waals surface area (Å²) in [5.74, 6) is 0.415. The van der Waals surface area contributed by atoms with Crippen LogP contribution in [0.3, 0.4) is 0 Å². The van der Waals surface area contributed by atoms with Crippen molar-refractivity contribution in [3.8, 4) is 5.75 Å². The number of para-hydroxylation sites is 1. The third-order valence-corrected chi connectivity index (χ3v) is 15.9. The fourth-order valence-corrected chi connectivity index (χ4v) is 14.0. The average molecular weight is 453 g/mol. The number of benzene rings is 4. The van der Waals surface area contributed by atoms with Gasteiger partial charge in [-0.05, 0) is 0 Å². The van der Waals surface area contributed by atoms with Gasteiger partial charge in [0.15, 0.2) is 0 Å². The molecule has 0 aliphatic heterocycles. The van der Waals surface area contributed by atoms with E-state index in [-0.39, 0.29) is 5.97 Å². The van der Waals surface area contributed by atoms with E-state index in [0.717, 1.165) is 5.25 Å². The van der Waals surface area contributed by atoms with E-state index in [1.807, 2.05) is 30.3 Å². The van der Waals surface area contributed by atoms with Crippen molar-refractivity contribution in [2.24, 2.45) is 0 Å². The van der Waals surface area contributed by atoms with Gasteiger partial charge in [-0.15, -0.1) is 0 Å². The first-order chi connectivity index (χ1) is 14.8. The van der Waals surface area contributed by atoms with Gasteiger partial charge in [0.05, 0.1) is 0 Å². The zero-order chi connectivity index (χ0) is 20.7. The number of carbonyl (C=O) groups is 1. The minimum atomic E-state index is -3.09. The van der Waals surface area contributed by atoms with Gasteiger partial charge in [-0.25, -0.2) is 0 Å². The first kappa shape index (κ1) is 20.2. The van der Waals surface area contributed by atoms with E-state index in [4.69, 9.17) is 4.74 Å². The average Bonchev–Trinajstić information content (AvgIpc) is 2.82. The molecule has 0 amide bonds. The SMILES string of the molecule is O=C(C[CH2][Ge]([c]1ccccc1)([c]1ccccc1)[c]1ccccc1)Oc1ccccc1. The molecule has 0 aliphatic rings. The second-order valence-corrected chi connectivity index (χ2v) is 15.8. The predicted octanol–water partition coefficient (Wildman–Crippen LogP) is 4.15. The van der Waals surface area contributed by atoms with E-state index in [0.29, 0.717) is 12.2 Å². The second kappa shape index (κ2) is 9.59. The quantitative estimate of drug-likeness (QED) is 0.239. The number of hydrogen-bond donors (Lipinski definition) is 0. The van der Waals surface area contributed by atoms with E-state index >= 15 is 0 Å². The van der Waals surface area contributed by atoms with Crippen LogP contribution in [0.4, 0.5) is 0 Å². The van der Waals surface area contributed by atoms with Gasteiger partial charge in [0.1, 0.15) is 0 Å². The Hall–Kier alpha value is -3.11. The zero-order valence-corrected chi connectivity index (χ0v) is 18.9. The van der Waals surface area contributed by atoms with Gasteiger partial charge >= 0.3 is 181 Å². The second-order valence-electron chi connectivity index (χ2n) is 7.29. The van der Waals surface area contributed by atoms with E-state index in [1.54, 1.807) is 0 Å². The standard InChI is InChI=1S/C27H24GeO2/c29-27(30-26-19-11-4-12-20-26)21-22-28(23-13-5-1-6-14-23,24-15-7-2-8-16-24)25-17-9-3-10-18-25/h1-20H,21-22H2. The minimum absolute atomic E-state index is 0.181. The van der Waals surface area contributed by atoms with Crippen LogP contribution in [0.15, 0.2) is 121 Å². The molecular weight excluding hydrogens is 429 g/mol. The van der Waals surface area contributed by atoms with Crippen molar-refractivity contribution in [1.82, 2.24) is 0 Å². The molecule has 0 heterocycles. The predicted molar refractivity (Wildman–Crippen MR) is 125 cm³/mol.